The van der Waals surface area contributed by atoms with Gasteiger partial charge in [-0.05, 0) is 11.8 Å². The van der Waals surface area contributed by atoms with E-state index in [1.165, 1.54) is 4.42 Å². The molecule has 0 fully saturated rings. The molecule has 0 aromatic carbocycles. The van der Waals surface area contributed by atoms with Gasteiger partial charge in [0.1, 0.15) is 0 Å². The molecule has 0 aromatic heterocycles. The van der Waals surface area contributed by atoms with Crippen LogP contribution < -0.4 is 0 Å². The molecule has 0 unspecified atom stereocenters. The normalized spacial score (nSPS) is 7.20. The van der Waals surface area contributed by atoms with E-state index in [2.05, 4.69) is 0 Å². The maximum atomic E-state index is 5.11. The Labute approximate surface area is 48.4 Å². The third-order valence-corrected chi connectivity index (χ3v) is 0. The van der Waals surface area contributed by atoms with Crippen molar-refractivity contribution in [3.63, 3.8) is 0 Å². The monoisotopic (exact) mass is 157 g/mol. The molecule has 0 heterocycles. The van der Waals surface area contributed by atoms with Crippen molar-refractivity contribution in [1.29, 1.82) is 0 Å². The van der Waals surface area contributed by atoms with Gasteiger partial charge in [-0.3, -0.25) is 0 Å². The van der Waals surface area contributed by atoms with Crippen molar-refractivity contribution in [2.75, 3.05) is 14.1 Å². The summed E-state index contributed by atoms with van der Waals surface area (Å²) in [6, 6.07) is 0. The SMILES string of the molecule is CN(C)Cl.[GeH4]. The Balaban J connectivity index is 0. The van der Waals surface area contributed by atoms with Gasteiger partial charge in [0.2, 0.25) is 0 Å². The molecule has 0 saturated heterocycles. The molecule has 0 rings (SSSR count). The number of hydrogen-bond acceptors (Lipinski definition) is 1. The van der Waals surface area contributed by atoms with Gasteiger partial charge in [0, 0.05) is 14.1 Å². The summed E-state index contributed by atoms with van der Waals surface area (Å²) >= 11 is 5.11. The average molecular weight is 156 g/mol. The second-order valence-electron chi connectivity index (χ2n) is 0.785. The van der Waals surface area contributed by atoms with Gasteiger partial charge < -0.3 is 0 Å². The first-order valence-corrected chi connectivity index (χ1v) is 1.40. The Morgan fingerprint density at radius 3 is 1.40 bits per heavy atom. The second-order valence-corrected chi connectivity index (χ2v) is 1.46. The van der Waals surface area contributed by atoms with Crippen molar-refractivity contribution in [2.24, 2.45) is 0 Å². The average Bonchev–Trinajstić information content (AvgIpc) is 0.811. The van der Waals surface area contributed by atoms with E-state index < -0.39 is 0 Å². The zero-order chi connectivity index (χ0) is 3.58. The molecule has 0 bridgehead atoms. The summed E-state index contributed by atoms with van der Waals surface area (Å²) in [5.74, 6) is 0. The third-order valence-electron chi connectivity index (χ3n) is 0. The van der Waals surface area contributed by atoms with Gasteiger partial charge in [0.25, 0.3) is 0 Å². The minimum atomic E-state index is 0. The zero-order valence-corrected chi connectivity index (χ0v) is 3.58. The van der Waals surface area contributed by atoms with Crippen molar-refractivity contribution in [2.45, 2.75) is 0 Å². The summed E-state index contributed by atoms with van der Waals surface area (Å²) in [6.45, 7) is 0. The van der Waals surface area contributed by atoms with Gasteiger partial charge in [-0.1, -0.05) is 0 Å². The van der Waals surface area contributed by atoms with Gasteiger partial charge in [-0.2, -0.15) is 0 Å². The summed E-state index contributed by atoms with van der Waals surface area (Å²) in [7, 11) is 3.53. The molecule has 0 N–H and O–H groups in total. The first-order chi connectivity index (χ1) is 1.73. The van der Waals surface area contributed by atoms with E-state index in [0.717, 1.165) is 0 Å². The molecule has 0 saturated carbocycles. The fourth-order valence-electron chi connectivity index (χ4n) is 0. The summed E-state index contributed by atoms with van der Waals surface area (Å²) < 4.78 is 1.47. The van der Waals surface area contributed by atoms with Crippen molar-refractivity contribution >= 4 is 29.4 Å². The van der Waals surface area contributed by atoms with Crippen molar-refractivity contribution in [3.05, 3.63) is 0 Å². The minimum absolute atomic E-state index is 0. The molecule has 5 heavy (non-hydrogen) atoms. The molecule has 0 aliphatic carbocycles. The van der Waals surface area contributed by atoms with Crippen LogP contribution in [0.5, 0.6) is 0 Å². The first kappa shape index (κ1) is 9.25. The predicted molar refractivity (Wildman–Crippen MR) is 30.9 cm³/mol. The Morgan fingerprint density at radius 1 is 1.40 bits per heavy atom. The molecule has 0 aromatic rings. The van der Waals surface area contributed by atoms with Crippen LogP contribution in [0.2, 0.25) is 0 Å². The third kappa shape index (κ3) is 59.5. The van der Waals surface area contributed by atoms with Gasteiger partial charge >= 0.3 is 17.6 Å². The van der Waals surface area contributed by atoms with Crippen LogP contribution in [0, 0.1) is 0 Å². The summed E-state index contributed by atoms with van der Waals surface area (Å²) in [5, 5.41) is 0. The van der Waals surface area contributed by atoms with E-state index in [1.807, 2.05) is 0 Å². The number of halogens is 1. The van der Waals surface area contributed by atoms with Crippen molar-refractivity contribution < 1.29 is 0 Å². The molecular weight excluding hydrogens is 146 g/mol. The van der Waals surface area contributed by atoms with Gasteiger partial charge in [0.15, 0.2) is 0 Å². The molecule has 0 spiro atoms. The molecule has 1 nitrogen and oxygen atoms in total. The molecule has 3 heteroatoms. The van der Waals surface area contributed by atoms with Crippen molar-refractivity contribution in [3.8, 4) is 0 Å². The Morgan fingerprint density at radius 2 is 1.40 bits per heavy atom. The Kier molecular flexibility index (Phi) is 8.87. The van der Waals surface area contributed by atoms with Crippen LogP contribution in [0.3, 0.4) is 0 Å². The Hall–Kier alpha value is 0.793. The molecule has 0 radical (unpaired) electrons. The predicted octanol–water partition coefficient (Wildman–Crippen LogP) is -0.750. The zero-order valence-electron chi connectivity index (χ0n) is 2.83. The quantitative estimate of drug-likeness (QED) is 0.329. The standard InChI is InChI=1S/C2H6ClN.GeH4/c1-4(2)3;/h1-2H3;1H4. The van der Waals surface area contributed by atoms with Crippen LogP contribution in [-0.2, 0) is 0 Å². The summed E-state index contributed by atoms with van der Waals surface area (Å²) in [6.07, 6.45) is 0. The fourth-order valence-corrected chi connectivity index (χ4v) is 0. The van der Waals surface area contributed by atoms with E-state index in [9.17, 15) is 0 Å². The van der Waals surface area contributed by atoms with Crippen LogP contribution in [0.1, 0.15) is 0 Å². The van der Waals surface area contributed by atoms with Crippen LogP contribution in [0.25, 0.3) is 0 Å². The number of nitrogens with zero attached hydrogens (tertiary/aromatic N) is 1. The van der Waals surface area contributed by atoms with E-state index in [4.69, 9.17) is 11.8 Å². The van der Waals surface area contributed by atoms with Crippen LogP contribution in [-0.4, -0.2) is 36.1 Å². The molecule has 0 atom stereocenters. The molecular formula is C2H10ClGeN. The first-order valence-electron chi connectivity index (χ1n) is 1.06. The molecule has 34 valence electrons. The van der Waals surface area contributed by atoms with E-state index in [1.54, 1.807) is 14.1 Å². The molecule has 0 aliphatic rings. The number of rotatable bonds is 0. The molecule has 0 aliphatic heterocycles. The topological polar surface area (TPSA) is 3.24 Å². The van der Waals surface area contributed by atoms with Crippen LogP contribution in [0.4, 0.5) is 0 Å². The van der Waals surface area contributed by atoms with Crippen molar-refractivity contribution in [1.82, 2.24) is 4.42 Å². The summed E-state index contributed by atoms with van der Waals surface area (Å²) in [5.41, 5.74) is 0. The molecule has 0 amide bonds. The van der Waals surface area contributed by atoms with Gasteiger partial charge in [-0.15, -0.1) is 0 Å². The Bertz CT molecular complexity index is 14.4. The van der Waals surface area contributed by atoms with Crippen LogP contribution >= 0.6 is 11.8 Å². The number of hydrogen-bond donors (Lipinski definition) is 0. The summed E-state index contributed by atoms with van der Waals surface area (Å²) in [4.78, 5) is 0. The van der Waals surface area contributed by atoms with E-state index >= 15 is 0 Å². The fraction of sp³-hybridized carbons (Fsp3) is 1.00. The van der Waals surface area contributed by atoms with Crippen LogP contribution in [0.15, 0.2) is 0 Å². The van der Waals surface area contributed by atoms with Gasteiger partial charge in [0.05, 0.1) is 0 Å². The van der Waals surface area contributed by atoms with Gasteiger partial charge in [-0.25, -0.2) is 4.42 Å². The van der Waals surface area contributed by atoms with E-state index in [-0.39, 0.29) is 17.6 Å². The maximum absolute atomic E-state index is 5.11. The van der Waals surface area contributed by atoms with E-state index in [0.29, 0.717) is 0 Å². The second kappa shape index (κ2) is 4.79.